The van der Waals surface area contributed by atoms with Crippen LogP contribution in [0.1, 0.15) is 28.4 Å². The molecule has 2 N–H and O–H groups in total. The predicted molar refractivity (Wildman–Crippen MR) is 126 cm³/mol. The summed E-state index contributed by atoms with van der Waals surface area (Å²) in [5.41, 5.74) is 2.88. The van der Waals surface area contributed by atoms with Crippen LogP contribution >= 0.6 is 0 Å². The van der Waals surface area contributed by atoms with Crippen molar-refractivity contribution in [1.29, 1.82) is 0 Å². The summed E-state index contributed by atoms with van der Waals surface area (Å²) in [6.07, 6.45) is 2.16. The molecule has 34 heavy (non-hydrogen) atoms. The van der Waals surface area contributed by atoms with Crippen LogP contribution in [-0.2, 0) is 6.42 Å². The highest BCUT2D eigenvalue weighted by Gasteiger charge is 2.28. The molecule has 0 fully saturated rings. The van der Waals surface area contributed by atoms with Crippen LogP contribution in [0.15, 0.2) is 48.7 Å². The Bertz CT molecular complexity index is 1430. The van der Waals surface area contributed by atoms with Crippen molar-refractivity contribution in [2.45, 2.75) is 20.3 Å². The lowest BCUT2D eigenvalue weighted by molar-refractivity contribution is 0.102. The highest BCUT2D eigenvalue weighted by atomic mass is 19.1. The fourth-order valence-corrected chi connectivity index (χ4v) is 4.10. The highest BCUT2D eigenvalue weighted by Crippen LogP contribution is 2.37. The van der Waals surface area contributed by atoms with E-state index in [2.05, 4.69) is 20.3 Å². The highest BCUT2D eigenvalue weighted by molar-refractivity contribution is 6.11. The van der Waals surface area contributed by atoms with Crippen LogP contribution in [0.25, 0.3) is 10.9 Å². The summed E-state index contributed by atoms with van der Waals surface area (Å²) in [5, 5.41) is 13.6. The van der Waals surface area contributed by atoms with Gasteiger partial charge in [-0.25, -0.2) is 9.97 Å². The monoisotopic (exact) mass is 459 g/mol. The molecule has 4 aromatic rings. The van der Waals surface area contributed by atoms with E-state index in [0.29, 0.717) is 59.3 Å². The second kappa shape index (κ2) is 8.58. The summed E-state index contributed by atoms with van der Waals surface area (Å²) < 4.78 is 20.0. The molecule has 1 aliphatic rings. The number of carbonyl (C=O) groups is 1. The number of benzene rings is 1. The number of hydrogen-bond donors (Lipinski definition) is 2. The number of carbonyl (C=O) groups excluding carboxylic acids is 1. The normalized spacial score (nSPS) is 12.7. The summed E-state index contributed by atoms with van der Waals surface area (Å²) in [6.45, 7) is 4.38. The zero-order valence-electron chi connectivity index (χ0n) is 18.7. The van der Waals surface area contributed by atoms with Gasteiger partial charge < -0.3 is 20.1 Å². The van der Waals surface area contributed by atoms with Crippen molar-refractivity contribution in [3.05, 3.63) is 71.3 Å². The molecule has 0 bridgehead atoms. The van der Waals surface area contributed by atoms with Gasteiger partial charge in [0, 0.05) is 30.6 Å². The number of nitrogens with one attached hydrogen (secondary N) is 1. The minimum atomic E-state index is -0.615. The Hall–Kier alpha value is -4.27. The summed E-state index contributed by atoms with van der Waals surface area (Å²) in [6, 6.07) is 11.9. The van der Waals surface area contributed by atoms with E-state index < -0.39 is 5.95 Å². The molecule has 4 heterocycles. The number of aromatic hydroxyl groups is 1. The number of aryl methyl sites for hydroxylation is 1. The van der Waals surface area contributed by atoms with Crippen molar-refractivity contribution in [3.63, 3.8) is 0 Å². The molecule has 3 aromatic heterocycles. The first-order valence-corrected chi connectivity index (χ1v) is 10.9. The van der Waals surface area contributed by atoms with Crippen LogP contribution in [0.3, 0.4) is 0 Å². The van der Waals surface area contributed by atoms with Gasteiger partial charge in [-0.2, -0.15) is 9.37 Å². The number of nitrogens with zero attached hydrogens (tertiary/aromatic N) is 4. The Kier molecular flexibility index (Phi) is 5.45. The molecule has 172 valence electrons. The number of halogens is 1. The molecule has 0 saturated heterocycles. The van der Waals surface area contributed by atoms with Crippen molar-refractivity contribution in [1.82, 2.24) is 15.0 Å². The minimum Gasteiger partial charge on any atom is -0.493 e. The standard InChI is InChI=1S/C25H22FN5O3/c1-3-31-23-17(25(33)30-22-14(2)10-20(26)29-24(22)31)11-15(13-27-23)8-9-34-19-12-21(32)28-18-7-5-4-6-16(18)19/h4-7,10-13H,3,8-9H2,1-2H3,(H,28,32)(H,30,33). The molecular weight excluding hydrogens is 437 g/mol. The lowest BCUT2D eigenvalue weighted by Crippen LogP contribution is -2.20. The number of ether oxygens (including phenoxy) is 1. The Morgan fingerprint density at radius 3 is 2.79 bits per heavy atom. The Morgan fingerprint density at radius 2 is 1.97 bits per heavy atom. The van der Waals surface area contributed by atoms with Crippen LogP contribution < -0.4 is 15.0 Å². The summed E-state index contributed by atoms with van der Waals surface area (Å²) in [7, 11) is 0. The van der Waals surface area contributed by atoms with Crippen molar-refractivity contribution in [3.8, 4) is 11.6 Å². The van der Waals surface area contributed by atoms with E-state index in [0.717, 1.165) is 10.9 Å². The molecule has 0 aliphatic carbocycles. The number of para-hydroxylation sites is 1. The van der Waals surface area contributed by atoms with Gasteiger partial charge in [-0.15, -0.1) is 0 Å². The third-order valence-electron chi connectivity index (χ3n) is 5.71. The summed E-state index contributed by atoms with van der Waals surface area (Å²) in [5.74, 6) is 0.224. The molecule has 0 atom stereocenters. The van der Waals surface area contributed by atoms with Crippen LogP contribution in [0, 0.1) is 12.9 Å². The quantitative estimate of drug-likeness (QED) is 0.423. The first-order chi connectivity index (χ1) is 16.4. The van der Waals surface area contributed by atoms with Crippen LogP contribution in [-0.4, -0.2) is 39.1 Å². The van der Waals surface area contributed by atoms with Gasteiger partial charge in [0.05, 0.1) is 23.4 Å². The minimum absolute atomic E-state index is 0.114. The Morgan fingerprint density at radius 1 is 1.15 bits per heavy atom. The number of aromatic nitrogens is 3. The van der Waals surface area contributed by atoms with Crippen molar-refractivity contribution in [2.24, 2.45) is 0 Å². The van der Waals surface area contributed by atoms with E-state index >= 15 is 0 Å². The van der Waals surface area contributed by atoms with Crippen LogP contribution in [0.5, 0.6) is 11.6 Å². The molecule has 0 unspecified atom stereocenters. The molecule has 8 nitrogen and oxygen atoms in total. The van der Waals surface area contributed by atoms with E-state index in [1.807, 2.05) is 25.1 Å². The molecule has 5 rings (SSSR count). The maximum Gasteiger partial charge on any atom is 0.259 e. The first kappa shape index (κ1) is 21.6. The van der Waals surface area contributed by atoms with E-state index in [1.165, 1.54) is 12.1 Å². The average Bonchev–Trinajstić information content (AvgIpc) is 2.93. The molecule has 0 spiro atoms. The van der Waals surface area contributed by atoms with Crippen molar-refractivity contribution >= 4 is 34.1 Å². The zero-order chi connectivity index (χ0) is 23.8. The third kappa shape index (κ3) is 3.85. The topological polar surface area (TPSA) is 100 Å². The number of fused-ring (bicyclic) bond motifs is 3. The van der Waals surface area contributed by atoms with E-state index in [1.54, 1.807) is 30.2 Å². The Balaban J connectivity index is 1.41. The fraction of sp³-hybridized carbons (Fsp3) is 0.200. The molecule has 9 heteroatoms. The van der Waals surface area contributed by atoms with E-state index in [4.69, 9.17) is 4.74 Å². The van der Waals surface area contributed by atoms with Crippen molar-refractivity contribution < 1.29 is 19.0 Å². The molecule has 0 saturated carbocycles. The Labute approximate surface area is 195 Å². The summed E-state index contributed by atoms with van der Waals surface area (Å²) >= 11 is 0. The maximum absolute atomic E-state index is 14.0. The number of hydrogen-bond acceptors (Lipinski definition) is 7. The molecule has 0 radical (unpaired) electrons. The molecular formula is C25H22FN5O3. The number of pyridine rings is 3. The van der Waals surface area contributed by atoms with Gasteiger partial charge in [-0.05, 0) is 49.2 Å². The molecule has 1 aromatic carbocycles. The number of rotatable bonds is 5. The largest absolute Gasteiger partial charge is 0.493 e. The van der Waals surface area contributed by atoms with E-state index in [9.17, 15) is 14.3 Å². The first-order valence-electron chi connectivity index (χ1n) is 10.9. The van der Waals surface area contributed by atoms with E-state index in [-0.39, 0.29) is 11.8 Å². The molecule has 1 amide bonds. The van der Waals surface area contributed by atoms with Gasteiger partial charge in [-0.3, -0.25) is 4.79 Å². The van der Waals surface area contributed by atoms with Gasteiger partial charge in [0.2, 0.25) is 11.8 Å². The lowest BCUT2D eigenvalue weighted by atomic mass is 10.1. The SMILES string of the molecule is CCN1c2ncc(CCOc3cc(O)nc4ccccc34)cc2C(=O)Nc2c(C)cc(F)nc21. The molecule has 1 aliphatic heterocycles. The summed E-state index contributed by atoms with van der Waals surface area (Å²) in [4.78, 5) is 27.4. The lowest BCUT2D eigenvalue weighted by Gasteiger charge is -2.22. The predicted octanol–water partition coefficient (Wildman–Crippen LogP) is 4.52. The smallest absolute Gasteiger partial charge is 0.259 e. The van der Waals surface area contributed by atoms with Crippen LogP contribution in [0.2, 0.25) is 0 Å². The zero-order valence-corrected chi connectivity index (χ0v) is 18.7. The maximum atomic E-state index is 14.0. The van der Waals surface area contributed by atoms with Crippen LogP contribution in [0.4, 0.5) is 21.7 Å². The second-order valence-electron chi connectivity index (χ2n) is 7.97. The van der Waals surface area contributed by atoms with Gasteiger partial charge >= 0.3 is 0 Å². The third-order valence-corrected chi connectivity index (χ3v) is 5.71. The van der Waals surface area contributed by atoms with Gasteiger partial charge in [0.25, 0.3) is 5.91 Å². The number of amides is 1. The van der Waals surface area contributed by atoms with Gasteiger partial charge in [-0.1, -0.05) is 12.1 Å². The van der Waals surface area contributed by atoms with Crippen molar-refractivity contribution in [2.75, 3.05) is 23.4 Å². The van der Waals surface area contributed by atoms with Gasteiger partial charge in [0.15, 0.2) is 5.82 Å². The average molecular weight is 459 g/mol. The van der Waals surface area contributed by atoms with Gasteiger partial charge in [0.1, 0.15) is 11.6 Å². The second-order valence-corrected chi connectivity index (χ2v) is 7.97. The fourth-order valence-electron chi connectivity index (χ4n) is 4.10. The number of anilines is 3.